The van der Waals surface area contributed by atoms with Crippen LogP contribution >= 0.6 is 15.9 Å². The van der Waals surface area contributed by atoms with Gasteiger partial charge in [-0.15, -0.1) is 6.58 Å². The zero-order valence-corrected chi connectivity index (χ0v) is 10.7. The summed E-state index contributed by atoms with van der Waals surface area (Å²) in [4.78, 5) is 2.05. The van der Waals surface area contributed by atoms with E-state index in [0.29, 0.717) is 25.2 Å². The summed E-state index contributed by atoms with van der Waals surface area (Å²) in [7, 11) is 0. The van der Waals surface area contributed by atoms with Gasteiger partial charge in [0.25, 0.3) is 0 Å². The van der Waals surface area contributed by atoms with Crippen LogP contribution in [0.4, 0.5) is 4.39 Å². The fraction of sp³-hybridized carbons (Fsp3) is 0.333. The summed E-state index contributed by atoms with van der Waals surface area (Å²) in [5.41, 5.74) is 6.17. The van der Waals surface area contributed by atoms with Gasteiger partial charge in [-0.1, -0.05) is 22.0 Å². The molecule has 1 aromatic carbocycles. The normalized spacial score (nSPS) is 10.8. The standard InChI is InChI=1S/C12H16BrFN2/c1-2-6-16(7-5-15)9-10-8-11(13)3-4-12(10)14/h2-4,8H,1,5-7,9,15H2. The van der Waals surface area contributed by atoms with Gasteiger partial charge in [-0.25, -0.2) is 4.39 Å². The molecule has 0 saturated carbocycles. The second-order valence-electron chi connectivity index (χ2n) is 3.55. The number of nitrogens with two attached hydrogens (primary N) is 1. The highest BCUT2D eigenvalue weighted by Gasteiger charge is 2.08. The summed E-state index contributed by atoms with van der Waals surface area (Å²) < 4.78 is 14.4. The molecule has 0 heterocycles. The Bertz CT molecular complexity index is 355. The minimum atomic E-state index is -0.186. The van der Waals surface area contributed by atoms with Gasteiger partial charge in [-0.3, -0.25) is 4.90 Å². The first-order valence-corrected chi connectivity index (χ1v) is 5.94. The quantitative estimate of drug-likeness (QED) is 0.815. The van der Waals surface area contributed by atoms with Gasteiger partial charge in [0.05, 0.1) is 0 Å². The molecule has 0 atom stereocenters. The van der Waals surface area contributed by atoms with E-state index < -0.39 is 0 Å². The third-order valence-electron chi connectivity index (χ3n) is 2.23. The molecule has 1 rings (SSSR count). The molecule has 0 aliphatic rings. The molecular weight excluding hydrogens is 271 g/mol. The van der Waals surface area contributed by atoms with Gasteiger partial charge in [0.15, 0.2) is 0 Å². The van der Waals surface area contributed by atoms with Crippen molar-refractivity contribution in [2.24, 2.45) is 5.73 Å². The molecule has 2 N–H and O–H groups in total. The molecule has 16 heavy (non-hydrogen) atoms. The second-order valence-corrected chi connectivity index (χ2v) is 4.46. The van der Waals surface area contributed by atoms with Gasteiger partial charge in [0, 0.05) is 36.2 Å². The highest BCUT2D eigenvalue weighted by Crippen LogP contribution is 2.17. The Hall–Kier alpha value is -0.710. The molecule has 1 aromatic rings. The van der Waals surface area contributed by atoms with E-state index in [0.717, 1.165) is 11.0 Å². The van der Waals surface area contributed by atoms with Crippen LogP contribution in [-0.4, -0.2) is 24.5 Å². The summed E-state index contributed by atoms with van der Waals surface area (Å²) in [6.45, 7) is 6.23. The van der Waals surface area contributed by atoms with Crippen molar-refractivity contribution < 1.29 is 4.39 Å². The highest BCUT2D eigenvalue weighted by molar-refractivity contribution is 9.10. The Balaban J connectivity index is 2.75. The van der Waals surface area contributed by atoms with E-state index >= 15 is 0 Å². The maximum atomic E-state index is 13.5. The third kappa shape index (κ3) is 4.04. The third-order valence-corrected chi connectivity index (χ3v) is 2.73. The zero-order chi connectivity index (χ0) is 12.0. The molecule has 88 valence electrons. The molecular formula is C12H16BrFN2. The molecule has 0 saturated heterocycles. The van der Waals surface area contributed by atoms with E-state index in [4.69, 9.17) is 5.73 Å². The average Bonchev–Trinajstić information content (AvgIpc) is 2.24. The lowest BCUT2D eigenvalue weighted by atomic mass is 10.2. The number of hydrogen-bond acceptors (Lipinski definition) is 2. The molecule has 0 unspecified atom stereocenters. The van der Waals surface area contributed by atoms with E-state index in [-0.39, 0.29) is 5.82 Å². The molecule has 0 aliphatic carbocycles. The van der Waals surface area contributed by atoms with Gasteiger partial charge in [0.1, 0.15) is 5.82 Å². The first kappa shape index (κ1) is 13.4. The Labute approximate surface area is 104 Å². The van der Waals surface area contributed by atoms with E-state index in [2.05, 4.69) is 27.4 Å². The van der Waals surface area contributed by atoms with E-state index in [9.17, 15) is 4.39 Å². The van der Waals surface area contributed by atoms with Gasteiger partial charge in [-0.2, -0.15) is 0 Å². The molecule has 0 amide bonds. The number of halogens is 2. The molecule has 0 radical (unpaired) electrons. The largest absolute Gasteiger partial charge is 0.329 e. The molecule has 0 bridgehead atoms. The topological polar surface area (TPSA) is 29.3 Å². The lowest BCUT2D eigenvalue weighted by molar-refractivity contribution is 0.298. The number of nitrogens with zero attached hydrogens (tertiary/aromatic N) is 1. The lowest BCUT2D eigenvalue weighted by Gasteiger charge is -2.20. The molecule has 0 aliphatic heterocycles. The predicted molar refractivity (Wildman–Crippen MR) is 68.6 cm³/mol. The number of hydrogen-bond donors (Lipinski definition) is 1. The van der Waals surface area contributed by atoms with Crippen LogP contribution in [0.1, 0.15) is 5.56 Å². The summed E-state index contributed by atoms with van der Waals surface area (Å²) in [6, 6.07) is 4.95. The van der Waals surface area contributed by atoms with Crippen molar-refractivity contribution in [3.8, 4) is 0 Å². The van der Waals surface area contributed by atoms with Crippen LogP contribution in [0.15, 0.2) is 35.3 Å². The van der Waals surface area contributed by atoms with Gasteiger partial charge < -0.3 is 5.73 Å². The van der Waals surface area contributed by atoms with Crippen molar-refractivity contribution in [1.82, 2.24) is 4.90 Å². The first-order valence-electron chi connectivity index (χ1n) is 5.14. The van der Waals surface area contributed by atoms with Gasteiger partial charge in [-0.05, 0) is 18.2 Å². The van der Waals surface area contributed by atoms with Crippen molar-refractivity contribution >= 4 is 15.9 Å². The summed E-state index contributed by atoms with van der Waals surface area (Å²) >= 11 is 3.33. The maximum Gasteiger partial charge on any atom is 0.127 e. The monoisotopic (exact) mass is 286 g/mol. The van der Waals surface area contributed by atoms with Crippen molar-refractivity contribution in [2.75, 3.05) is 19.6 Å². The van der Waals surface area contributed by atoms with Crippen LogP contribution < -0.4 is 5.73 Å². The van der Waals surface area contributed by atoms with E-state index in [1.54, 1.807) is 18.2 Å². The van der Waals surface area contributed by atoms with Gasteiger partial charge in [0.2, 0.25) is 0 Å². The minimum absolute atomic E-state index is 0.186. The summed E-state index contributed by atoms with van der Waals surface area (Å²) in [6.07, 6.45) is 1.80. The smallest absolute Gasteiger partial charge is 0.127 e. The molecule has 0 spiro atoms. The van der Waals surface area contributed by atoms with Crippen LogP contribution in [0.5, 0.6) is 0 Å². The van der Waals surface area contributed by atoms with Crippen molar-refractivity contribution in [3.05, 3.63) is 46.7 Å². The summed E-state index contributed by atoms with van der Waals surface area (Å²) in [5, 5.41) is 0. The Morgan fingerprint density at radius 3 is 2.88 bits per heavy atom. The van der Waals surface area contributed by atoms with Crippen LogP contribution in [0.2, 0.25) is 0 Å². The molecule has 0 fully saturated rings. The van der Waals surface area contributed by atoms with Crippen molar-refractivity contribution in [3.63, 3.8) is 0 Å². The minimum Gasteiger partial charge on any atom is -0.329 e. The fourth-order valence-electron chi connectivity index (χ4n) is 1.51. The molecule has 2 nitrogen and oxygen atoms in total. The lowest BCUT2D eigenvalue weighted by Crippen LogP contribution is -2.29. The van der Waals surface area contributed by atoms with Crippen molar-refractivity contribution in [2.45, 2.75) is 6.54 Å². The van der Waals surface area contributed by atoms with Crippen molar-refractivity contribution in [1.29, 1.82) is 0 Å². The molecule has 0 aromatic heterocycles. The van der Waals surface area contributed by atoms with Gasteiger partial charge >= 0.3 is 0 Å². The average molecular weight is 287 g/mol. The van der Waals surface area contributed by atoms with E-state index in [1.165, 1.54) is 6.07 Å². The van der Waals surface area contributed by atoms with E-state index in [1.807, 2.05) is 0 Å². The zero-order valence-electron chi connectivity index (χ0n) is 9.13. The van der Waals surface area contributed by atoms with Crippen LogP contribution in [-0.2, 0) is 6.54 Å². The Morgan fingerprint density at radius 1 is 1.50 bits per heavy atom. The maximum absolute atomic E-state index is 13.5. The SMILES string of the molecule is C=CCN(CCN)Cc1cc(Br)ccc1F. The first-order chi connectivity index (χ1) is 7.67. The number of rotatable bonds is 6. The fourth-order valence-corrected chi connectivity index (χ4v) is 1.91. The highest BCUT2D eigenvalue weighted by atomic mass is 79.9. The Kier molecular flexibility index (Phi) is 5.66. The summed E-state index contributed by atoms with van der Waals surface area (Å²) in [5.74, 6) is -0.186. The second kappa shape index (κ2) is 6.78. The number of benzene rings is 1. The predicted octanol–water partition coefficient (Wildman–Crippen LogP) is 2.53. The molecule has 4 heteroatoms. The van der Waals surface area contributed by atoms with Crippen LogP contribution in [0.25, 0.3) is 0 Å². The van der Waals surface area contributed by atoms with Crippen LogP contribution in [0, 0.1) is 5.82 Å². The van der Waals surface area contributed by atoms with Crippen LogP contribution in [0.3, 0.4) is 0 Å². The Morgan fingerprint density at radius 2 is 2.25 bits per heavy atom.